The van der Waals surface area contributed by atoms with Crippen molar-refractivity contribution >= 4 is 29.2 Å². The lowest BCUT2D eigenvalue weighted by atomic mass is 10.0. The lowest BCUT2D eigenvalue weighted by Crippen LogP contribution is -2.05. The zero-order valence-corrected chi connectivity index (χ0v) is 10.4. The standard InChI is InChI=1S/C12H8Cl2O4/c13-7-4-3-6(12(16)17)10(14)9(7)11(15)8-2-1-5-18-8/h1-5,11,15H,(H,16,17). The summed E-state index contributed by atoms with van der Waals surface area (Å²) in [7, 11) is 0. The van der Waals surface area contributed by atoms with E-state index in [1.807, 2.05) is 0 Å². The van der Waals surface area contributed by atoms with E-state index in [9.17, 15) is 9.90 Å². The van der Waals surface area contributed by atoms with E-state index in [4.69, 9.17) is 32.7 Å². The number of aliphatic hydroxyl groups excluding tert-OH is 1. The number of carbonyl (C=O) groups is 1. The van der Waals surface area contributed by atoms with Gasteiger partial charge in [-0.1, -0.05) is 23.2 Å². The van der Waals surface area contributed by atoms with E-state index in [-0.39, 0.29) is 26.9 Å². The molecule has 1 aromatic heterocycles. The molecule has 2 N–H and O–H groups in total. The predicted molar refractivity (Wildman–Crippen MR) is 66.2 cm³/mol. The van der Waals surface area contributed by atoms with Gasteiger partial charge in [-0.25, -0.2) is 4.79 Å². The summed E-state index contributed by atoms with van der Waals surface area (Å²) in [6.07, 6.45) is 0.181. The van der Waals surface area contributed by atoms with Gasteiger partial charge in [0.25, 0.3) is 0 Å². The van der Waals surface area contributed by atoms with Gasteiger partial charge in [0.1, 0.15) is 11.9 Å². The maximum absolute atomic E-state index is 11.0. The van der Waals surface area contributed by atoms with Gasteiger partial charge in [0.2, 0.25) is 0 Å². The van der Waals surface area contributed by atoms with Crippen LogP contribution < -0.4 is 0 Å². The largest absolute Gasteiger partial charge is 0.478 e. The Bertz CT molecular complexity index is 578. The second-order valence-electron chi connectivity index (χ2n) is 3.55. The van der Waals surface area contributed by atoms with E-state index in [1.165, 1.54) is 18.4 Å². The second kappa shape index (κ2) is 5.02. The number of benzene rings is 1. The SMILES string of the molecule is O=C(O)c1ccc(Cl)c(C(O)c2ccco2)c1Cl. The Balaban J connectivity index is 2.56. The molecule has 1 atom stereocenters. The smallest absolute Gasteiger partial charge is 0.337 e. The summed E-state index contributed by atoms with van der Waals surface area (Å²) in [5.41, 5.74) is -0.00476. The first kappa shape index (κ1) is 13.0. The van der Waals surface area contributed by atoms with Gasteiger partial charge in [-0.05, 0) is 24.3 Å². The highest BCUT2D eigenvalue weighted by Crippen LogP contribution is 2.36. The topological polar surface area (TPSA) is 70.7 Å². The molecule has 18 heavy (non-hydrogen) atoms. The van der Waals surface area contributed by atoms with Gasteiger partial charge >= 0.3 is 5.97 Å². The maximum Gasteiger partial charge on any atom is 0.337 e. The van der Waals surface area contributed by atoms with Crippen LogP contribution in [0.25, 0.3) is 0 Å². The summed E-state index contributed by atoms with van der Waals surface area (Å²) in [6, 6.07) is 5.80. The molecule has 0 aliphatic carbocycles. The van der Waals surface area contributed by atoms with Gasteiger partial charge < -0.3 is 14.6 Å². The zero-order valence-electron chi connectivity index (χ0n) is 8.93. The highest BCUT2D eigenvalue weighted by Gasteiger charge is 2.23. The Morgan fingerprint density at radius 2 is 2.00 bits per heavy atom. The minimum atomic E-state index is -1.21. The molecule has 0 saturated carbocycles. The summed E-state index contributed by atoms with van der Waals surface area (Å²) in [5.74, 6) is -0.953. The van der Waals surface area contributed by atoms with Gasteiger partial charge in [0.15, 0.2) is 0 Å². The molecule has 0 radical (unpaired) electrons. The van der Waals surface area contributed by atoms with Crippen LogP contribution >= 0.6 is 23.2 Å². The highest BCUT2D eigenvalue weighted by atomic mass is 35.5. The van der Waals surface area contributed by atoms with Crippen molar-refractivity contribution in [3.8, 4) is 0 Å². The highest BCUT2D eigenvalue weighted by molar-refractivity contribution is 6.38. The molecule has 1 heterocycles. The second-order valence-corrected chi connectivity index (χ2v) is 4.33. The number of furan rings is 1. The van der Waals surface area contributed by atoms with E-state index in [0.717, 1.165) is 0 Å². The quantitative estimate of drug-likeness (QED) is 0.908. The Morgan fingerprint density at radius 1 is 1.28 bits per heavy atom. The number of halogens is 2. The zero-order chi connectivity index (χ0) is 13.3. The number of hydrogen-bond donors (Lipinski definition) is 2. The number of aromatic carboxylic acids is 1. The van der Waals surface area contributed by atoms with Crippen LogP contribution in [0.2, 0.25) is 10.0 Å². The Hall–Kier alpha value is -1.49. The third kappa shape index (κ3) is 2.22. The first-order valence-corrected chi connectivity index (χ1v) is 5.70. The normalized spacial score (nSPS) is 12.4. The third-order valence-corrected chi connectivity index (χ3v) is 3.18. The number of rotatable bonds is 3. The Labute approximate surface area is 112 Å². The van der Waals surface area contributed by atoms with E-state index >= 15 is 0 Å². The number of hydrogen-bond acceptors (Lipinski definition) is 3. The Morgan fingerprint density at radius 3 is 2.56 bits per heavy atom. The molecule has 0 amide bonds. The van der Waals surface area contributed by atoms with Crippen molar-refractivity contribution in [3.63, 3.8) is 0 Å². The van der Waals surface area contributed by atoms with Crippen LogP contribution in [0.3, 0.4) is 0 Å². The van der Waals surface area contributed by atoms with Crippen molar-refractivity contribution in [2.75, 3.05) is 0 Å². The van der Waals surface area contributed by atoms with Crippen LogP contribution in [0.4, 0.5) is 0 Å². The minimum Gasteiger partial charge on any atom is -0.478 e. The number of carboxylic acids is 1. The van der Waals surface area contributed by atoms with Gasteiger partial charge in [-0.15, -0.1) is 0 Å². The van der Waals surface area contributed by atoms with Crippen LogP contribution in [0.15, 0.2) is 34.9 Å². The lowest BCUT2D eigenvalue weighted by Gasteiger charge is -2.13. The number of carboxylic acid groups (broad SMARTS) is 1. The third-order valence-electron chi connectivity index (χ3n) is 2.44. The summed E-state index contributed by atoms with van der Waals surface area (Å²) in [5, 5.41) is 19.1. The molecular weight excluding hydrogens is 279 g/mol. The average Bonchev–Trinajstić information content (AvgIpc) is 2.81. The fourth-order valence-electron chi connectivity index (χ4n) is 1.57. The monoisotopic (exact) mass is 286 g/mol. The maximum atomic E-state index is 11.0. The van der Waals surface area contributed by atoms with Crippen molar-refractivity contribution in [1.82, 2.24) is 0 Å². The molecule has 1 unspecified atom stereocenters. The van der Waals surface area contributed by atoms with Gasteiger partial charge in [-0.3, -0.25) is 0 Å². The van der Waals surface area contributed by atoms with Crippen molar-refractivity contribution in [2.24, 2.45) is 0 Å². The van der Waals surface area contributed by atoms with E-state index < -0.39 is 12.1 Å². The van der Waals surface area contributed by atoms with Crippen molar-refractivity contribution in [1.29, 1.82) is 0 Å². The fraction of sp³-hybridized carbons (Fsp3) is 0.0833. The molecular formula is C12H8Cl2O4. The number of aliphatic hydroxyl groups is 1. The Kier molecular flexibility index (Phi) is 3.61. The molecule has 2 rings (SSSR count). The van der Waals surface area contributed by atoms with Crippen LogP contribution in [-0.2, 0) is 0 Å². The fourth-order valence-corrected chi connectivity index (χ4v) is 2.23. The molecule has 0 saturated heterocycles. The predicted octanol–water partition coefficient (Wildman–Crippen LogP) is 3.37. The molecule has 2 aromatic rings. The molecule has 4 nitrogen and oxygen atoms in total. The van der Waals surface area contributed by atoms with E-state index in [2.05, 4.69) is 0 Å². The summed E-state index contributed by atoms with van der Waals surface area (Å²) >= 11 is 11.9. The summed E-state index contributed by atoms with van der Waals surface area (Å²) in [4.78, 5) is 11.0. The molecule has 1 aromatic carbocycles. The molecule has 94 valence electrons. The van der Waals surface area contributed by atoms with Gasteiger partial charge in [-0.2, -0.15) is 0 Å². The molecule has 6 heteroatoms. The molecule has 0 aliphatic rings. The van der Waals surface area contributed by atoms with E-state index in [0.29, 0.717) is 0 Å². The van der Waals surface area contributed by atoms with Gasteiger partial charge in [0.05, 0.1) is 16.8 Å². The van der Waals surface area contributed by atoms with Crippen LogP contribution in [-0.4, -0.2) is 16.2 Å². The van der Waals surface area contributed by atoms with Gasteiger partial charge in [0, 0.05) is 10.6 Å². The summed E-state index contributed by atoms with van der Waals surface area (Å²) in [6.45, 7) is 0. The van der Waals surface area contributed by atoms with Crippen LogP contribution in [0.1, 0.15) is 27.8 Å². The lowest BCUT2D eigenvalue weighted by molar-refractivity contribution is 0.0696. The average molecular weight is 287 g/mol. The first-order chi connectivity index (χ1) is 8.52. The van der Waals surface area contributed by atoms with Crippen molar-refractivity contribution < 1.29 is 19.4 Å². The van der Waals surface area contributed by atoms with Crippen LogP contribution in [0, 0.1) is 0 Å². The van der Waals surface area contributed by atoms with Crippen LogP contribution in [0.5, 0.6) is 0 Å². The van der Waals surface area contributed by atoms with Crippen molar-refractivity contribution in [2.45, 2.75) is 6.10 Å². The minimum absolute atomic E-state index is 0.0982. The molecule has 0 fully saturated rings. The molecule has 0 aliphatic heterocycles. The van der Waals surface area contributed by atoms with E-state index in [1.54, 1.807) is 12.1 Å². The molecule has 0 bridgehead atoms. The molecule has 0 spiro atoms. The van der Waals surface area contributed by atoms with Crippen molar-refractivity contribution in [3.05, 3.63) is 57.5 Å². The summed E-state index contributed by atoms with van der Waals surface area (Å²) < 4.78 is 5.05. The first-order valence-electron chi connectivity index (χ1n) is 4.95.